The molecule has 0 bridgehead atoms. The minimum absolute atomic E-state index is 0.0452. The van der Waals surface area contributed by atoms with Crippen LogP contribution in [0.15, 0.2) is 23.9 Å². The third-order valence-corrected chi connectivity index (χ3v) is 2.08. The van der Waals surface area contributed by atoms with Crippen molar-refractivity contribution in [1.82, 2.24) is 0 Å². The summed E-state index contributed by atoms with van der Waals surface area (Å²) in [5.41, 5.74) is 0.0452. The Morgan fingerprint density at radius 2 is 2.55 bits per heavy atom. The molecule has 1 saturated heterocycles. The average Bonchev–Trinajstić information content (AvgIpc) is 2.58. The molecule has 11 heavy (non-hydrogen) atoms. The monoisotopic (exact) mass is 173 g/mol. The molecule has 2 rings (SSSR count). The first-order valence-corrected chi connectivity index (χ1v) is 3.42. The fraction of sp³-hybridized carbons (Fsp3) is 0.333. The quantitative estimate of drug-likeness (QED) is 0.258. The van der Waals surface area contributed by atoms with E-state index in [1.165, 1.54) is 18.2 Å². The minimum atomic E-state index is -0.778. The lowest BCUT2D eigenvalue weighted by atomic mass is 10.1. The van der Waals surface area contributed by atoms with Crippen LogP contribution >= 0.6 is 11.6 Å². The first-order chi connectivity index (χ1) is 5.12. The van der Waals surface area contributed by atoms with Gasteiger partial charge in [-0.05, 0) is 6.08 Å². The first kappa shape index (κ1) is 6.82. The summed E-state index contributed by atoms with van der Waals surface area (Å²) in [5.74, 6) is 0. The highest BCUT2D eigenvalue weighted by molar-refractivity contribution is 6.26. The zero-order valence-electron chi connectivity index (χ0n) is 5.36. The Morgan fingerprint density at radius 3 is 3.09 bits per heavy atom. The van der Waals surface area contributed by atoms with Crippen LogP contribution in [0.5, 0.6) is 0 Å². The van der Waals surface area contributed by atoms with Crippen LogP contribution in [0.4, 0.5) is 0 Å². The van der Waals surface area contributed by atoms with Crippen LogP contribution in [-0.4, -0.2) is 16.1 Å². The smallest absolute Gasteiger partial charge is 0.268 e. The summed E-state index contributed by atoms with van der Waals surface area (Å²) in [6, 6.07) is 0. The number of hydrogen-bond acceptors (Lipinski definition) is 3. The number of nitro groups is 1. The highest BCUT2D eigenvalue weighted by Crippen LogP contribution is 2.45. The highest BCUT2D eigenvalue weighted by atomic mass is 35.5. The zero-order chi connectivity index (χ0) is 8.06. The molecular formula is C6H4ClNO3. The van der Waals surface area contributed by atoms with Gasteiger partial charge in [0.25, 0.3) is 5.70 Å². The number of rotatable bonds is 1. The number of allylic oxidation sites excluding steroid dienone is 1. The van der Waals surface area contributed by atoms with E-state index in [0.29, 0.717) is 0 Å². The lowest BCUT2D eigenvalue weighted by Crippen LogP contribution is -2.08. The Kier molecular flexibility index (Phi) is 1.14. The van der Waals surface area contributed by atoms with E-state index in [0.717, 1.165) is 0 Å². The summed E-state index contributed by atoms with van der Waals surface area (Å²) < 4.78 is 4.94. The van der Waals surface area contributed by atoms with Gasteiger partial charge in [-0.1, -0.05) is 11.6 Å². The van der Waals surface area contributed by atoms with E-state index in [1.807, 2.05) is 0 Å². The maximum atomic E-state index is 10.2. The van der Waals surface area contributed by atoms with Gasteiger partial charge in [-0.3, -0.25) is 10.1 Å². The number of epoxide rings is 1. The third-order valence-electron chi connectivity index (χ3n) is 1.65. The molecule has 0 radical (unpaired) electrons. The lowest BCUT2D eigenvalue weighted by molar-refractivity contribution is -0.419. The minimum Gasteiger partial charge on any atom is -0.341 e. The van der Waals surface area contributed by atoms with Crippen molar-refractivity contribution in [2.24, 2.45) is 0 Å². The van der Waals surface area contributed by atoms with Crippen molar-refractivity contribution in [2.45, 2.75) is 11.2 Å². The SMILES string of the molecule is O=[N+]([O-])C1=CC2OC2(Cl)C=C1. The molecule has 0 aromatic carbocycles. The summed E-state index contributed by atoms with van der Waals surface area (Å²) in [6.45, 7) is 0. The molecule has 0 saturated carbocycles. The Labute approximate surface area is 67.2 Å². The van der Waals surface area contributed by atoms with Gasteiger partial charge >= 0.3 is 0 Å². The second-order valence-electron chi connectivity index (χ2n) is 2.42. The van der Waals surface area contributed by atoms with Gasteiger partial charge in [-0.25, -0.2) is 0 Å². The average molecular weight is 174 g/mol. The largest absolute Gasteiger partial charge is 0.341 e. The molecule has 58 valence electrons. The molecule has 0 spiro atoms. The number of fused-ring (bicyclic) bond motifs is 1. The van der Waals surface area contributed by atoms with Crippen LogP contribution in [-0.2, 0) is 4.74 Å². The molecule has 2 aliphatic rings. The number of ether oxygens (including phenoxy) is 1. The van der Waals surface area contributed by atoms with Gasteiger partial charge in [0.05, 0.1) is 4.92 Å². The number of hydrogen-bond donors (Lipinski definition) is 0. The Morgan fingerprint density at radius 1 is 1.82 bits per heavy atom. The summed E-state index contributed by atoms with van der Waals surface area (Å²) >= 11 is 5.74. The van der Waals surface area contributed by atoms with E-state index < -0.39 is 9.98 Å². The molecule has 4 nitrogen and oxygen atoms in total. The molecule has 1 heterocycles. The van der Waals surface area contributed by atoms with Crippen LogP contribution in [0.25, 0.3) is 0 Å². The van der Waals surface area contributed by atoms with Crippen LogP contribution in [0.1, 0.15) is 0 Å². The Bertz CT molecular complexity index is 286. The van der Waals surface area contributed by atoms with Gasteiger partial charge in [-0.15, -0.1) is 0 Å². The molecule has 1 aliphatic heterocycles. The number of nitrogens with zero attached hydrogens (tertiary/aromatic N) is 1. The van der Waals surface area contributed by atoms with Crippen molar-refractivity contribution >= 4 is 11.6 Å². The van der Waals surface area contributed by atoms with Gasteiger partial charge in [0.15, 0.2) is 5.06 Å². The fourth-order valence-corrected chi connectivity index (χ4v) is 1.20. The van der Waals surface area contributed by atoms with E-state index in [2.05, 4.69) is 0 Å². The summed E-state index contributed by atoms with van der Waals surface area (Å²) in [7, 11) is 0. The van der Waals surface area contributed by atoms with Crippen molar-refractivity contribution < 1.29 is 9.66 Å². The van der Waals surface area contributed by atoms with Crippen LogP contribution in [0, 0.1) is 10.1 Å². The molecule has 0 N–H and O–H groups in total. The molecule has 0 aromatic heterocycles. The number of alkyl halides is 1. The molecule has 2 atom stereocenters. The van der Waals surface area contributed by atoms with E-state index in [4.69, 9.17) is 16.3 Å². The van der Waals surface area contributed by atoms with E-state index in [9.17, 15) is 10.1 Å². The van der Waals surface area contributed by atoms with E-state index in [1.54, 1.807) is 0 Å². The number of halogens is 1. The highest BCUT2D eigenvalue weighted by Gasteiger charge is 2.55. The molecule has 0 aromatic rings. The second-order valence-corrected chi connectivity index (χ2v) is 3.01. The molecular weight excluding hydrogens is 170 g/mol. The van der Waals surface area contributed by atoms with E-state index >= 15 is 0 Å². The van der Waals surface area contributed by atoms with Gasteiger partial charge < -0.3 is 4.74 Å². The van der Waals surface area contributed by atoms with Gasteiger partial charge in [0.1, 0.15) is 6.10 Å². The summed E-state index contributed by atoms with van der Waals surface area (Å²) in [5, 5.41) is 9.43. The predicted octanol–water partition coefficient (Wildman–Crippen LogP) is 1.05. The van der Waals surface area contributed by atoms with Gasteiger partial charge in [0.2, 0.25) is 0 Å². The van der Waals surface area contributed by atoms with Crippen molar-refractivity contribution in [1.29, 1.82) is 0 Å². The fourth-order valence-electron chi connectivity index (χ4n) is 0.974. The second kappa shape index (κ2) is 1.84. The Balaban J connectivity index is 2.25. The zero-order valence-corrected chi connectivity index (χ0v) is 6.12. The van der Waals surface area contributed by atoms with Crippen molar-refractivity contribution in [3.63, 3.8) is 0 Å². The topological polar surface area (TPSA) is 55.7 Å². The van der Waals surface area contributed by atoms with Crippen LogP contribution in [0.3, 0.4) is 0 Å². The maximum absolute atomic E-state index is 10.2. The first-order valence-electron chi connectivity index (χ1n) is 3.04. The van der Waals surface area contributed by atoms with Crippen molar-refractivity contribution in [3.8, 4) is 0 Å². The van der Waals surface area contributed by atoms with E-state index in [-0.39, 0.29) is 11.8 Å². The van der Waals surface area contributed by atoms with Crippen molar-refractivity contribution in [2.75, 3.05) is 0 Å². The summed E-state index contributed by atoms with van der Waals surface area (Å²) in [4.78, 5) is 9.75. The predicted molar refractivity (Wildman–Crippen MR) is 37.7 cm³/mol. The molecule has 5 heteroatoms. The third kappa shape index (κ3) is 0.948. The molecule has 0 amide bonds. The normalized spacial score (nSPS) is 39.4. The summed E-state index contributed by atoms with van der Waals surface area (Å²) in [6.07, 6.45) is 3.95. The Hall–Kier alpha value is -0.870. The molecule has 1 fully saturated rings. The van der Waals surface area contributed by atoms with Crippen LogP contribution < -0.4 is 0 Å². The maximum Gasteiger partial charge on any atom is 0.268 e. The van der Waals surface area contributed by atoms with Crippen LogP contribution in [0.2, 0.25) is 0 Å². The molecule has 1 aliphatic carbocycles. The van der Waals surface area contributed by atoms with Gasteiger partial charge in [0, 0.05) is 12.2 Å². The van der Waals surface area contributed by atoms with Gasteiger partial charge in [-0.2, -0.15) is 0 Å². The standard InChI is InChI=1S/C6H4ClNO3/c7-6-2-1-4(8(9)10)3-5(6)11-6/h1-3,5H. The van der Waals surface area contributed by atoms with Crippen molar-refractivity contribution in [3.05, 3.63) is 34.0 Å². The molecule has 2 unspecified atom stereocenters. The lowest BCUT2D eigenvalue weighted by Gasteiger charge is -1.97.